The molecule has 0 radical (unpaired) electrons. The smallest absolute Gasteiger partial charge is 0.310 e. The molecule has 2 unspecified atom stereocenters. The van der Waals surface area contributed by atoms with Gasteiger partial charge in [0.2, 0.25) is 0 Å². The Labute approximate surface area is 125 Å². The van der Waals surface area contributed by atoms with Gasteiger partial charge in [-0.2, -0.15) is 0 Å². The first kappa shape index (κ1) is 15.2. The van der Waals surface area contributed by atoms with Gasteiger partial charge >= 0.3 is 5.97 Å². The minimum absolute atomic E-state index is 0.00384. The first-order chi connectivity index (χ1) is 10.2. The summed E-state index contributed by atoms with van der Waals surface area (Å²) >= 11 is 0. The number of rotatable bonds is 5. The predicted octanol–water partition coefficient (Wildman–Crippen LogP) is 3.13. The average molecular weight is 284 g/mol. The summed E-state index contributed by atoms with van der Waals surface area (Å²) in [5.74, 6) is -1.07. The number of benzene rings is 1. The Morgan fingerprint density at radius 3 is 2.57 bits per heavy atom. The molecule has 0 saturated heterocycles. The van der Waals surface area contributed by atoms with E-state index < -0.39 is 5.92 Å². The van der Waals surface area contributed by atoms with Gasteiger partial charge in [-0.1, -0.05) is 48.6 Å². The molecule has 3 heteroatoms. The van der Waals surface area contributed by atoms with Crippen molar-refractivity contribution in [1.82, 2.24) is 0 Å². The Balaban J connectivity index is 2.23. The van der Waals surface area contributed by atoms with Crippen LogP contribution in [-0.2, 0) is 14.3 Å². The van der Waals surface area contributed by atoms with E-state index in [-0.39, 0.29) is 23.7 Å². The fourth-order valence-corrected chi connectivity index (χ4v) is 3.07. The Hall–Kier alpha value is -2.16. The summed E-state index contributed by atoms with van der Waals surface area (Å²) in [6, 6.07) is 9.89. The van der Waals surface area contributed by atoms with Crippen LogP contribution in [0.1, 0.15) is 12.0 Å². The van der Waals surface area contributed by atoms with E-state index in [1.54, 1.807) is 6.08 Å². The molecule has 2 rings (SSSR count). The topological polar surface area (TPSA) is 43.4 Å². The molecule has 3 nitrogen and oxygen atoms in total. The van der Waals surface area contributed by atoms with Crippen molar-refractivity contribution >= 4 is 18.3 Å². The molecule has 1 fully saturated rings. The Morgan fingerprint density at radius 1 is 1.29 bits per heavy atom. The van der Waals surface area contributed by atoms with Crippen molar-refractivity contribution < 1.29 is 14.3 Å². The first-order valence-corrected chi connectivity index (χ1v) is 7.10. The van der Waals surface area contributed by atoms with Gasteiger partial charge in [0.05, 0.1) is 13.0 Å². The van der Waals surface area contributed by atoms with Gasteiger partial charge in [-0.05, 0) is 23.8 Å². The Morgan fingerprint density at radius 2 is 2.00 bits per heavy atom. The van der Waals surface area contributed by atoms with E-state index in [9.17, 15) is 9.59 Å². The van der Waals surface area contributed by atoms with E-state index in [4.69, 9.17) is 4.74 Å². The summed E-state index contributed by atoms with van der Waals surface area (Å²) in [6.07, 6.45) is 7.39. The van der Waals surface area contributed by atoms with Gasteiger partial charge in [0.25, 0.3) is 0 Å². The van der Waals surface area contributed by atoms with Crippen LogP contribution in [0, 0.1) is 23.7 Å². The minimum Gasteiger partial charge on any atom is -0.469 e. The fraction of sp³-hybridized carbons (Fsp3) is 0.333. The summed E-state index contributed by atoms with van der Waals surface area (Å²) in [7, 11) is 1.36. The maximum atomic E-state index is 12.0. The zero-order valence-corrected chi connectivity index (χ0v) is 12.1. The van der Waals surface area contributed by atoms with Gasteiger partial charge in [-0.25, -0.2) is 0 Å². The van der Waals surface area contributed by atoms with Crippen LogP contribution >= 0.6 is 0 Å². The highest BCUT2D eigenvalue weighted by atomic mass is 16.5. The normalized spacial score (nSPS) is 28.4. The van der Waals surface area contributed by atoms with Crippen LogP contribution < -0.4 is 0 Å². The molecule has 4 atom stereocenters. The van der Waals surface area contributed by atoms with Crippen molar-refractivity contribution in [3.05, 3.63) is 54.6 Å². The maximum absolute atomic E-state index is 12.0. The fourth-order valence-electron chi connectivity index (χ4n) is 3.07. The number of carbonyl (C=O) groups excluding carboxylic acids is 2. The molecule has 110 valence electrons. The zero-order valence-electron chi connectivity index (χ0n) is 12.1. The van der Waals surface area contributed by atoms with Crippen molar-refractivity contribution in [2.45, 2.75) is 6.42 Å². The molecule has 0 aromatic heterocycles. The lowest BCUT2D eigenvalue weighted by Crippen LogP contribution is -2.27. The molecule has 21 heavy (non-hydrogen) atoms. The summed E-state index contributed by atoms with van der Waals surface area (Å²) in [4.78, 5) is 23.4. The molecule has 0 spiro atoms. The molecule has 1 saturated carbocycles. The van der Waals surface area contributed by atoms with Gasteiger partial charge in [-0.15, -0.1) is 6.58 Å². The van der Waals surface area contributed by atoms with E-state index in [1.807, 2.05) is 42.5 Å². The molecule has 1 aromatic rings. The second-order valence-corrected chi connectivity index (χ2v) is 5.33. The summed E-state index contributed by atoms with van der Waals surface area (Å²) in [5.41, 5.74) is 1.07. The second kappa shape index (κ2) is 7.02. The van der Waals surface area contributed by atoms with Crippen LogP contribution in [-0.4, -0.2) is 19.4 Å². The highest BCUT2D eigenvalue weighted by molar-refractivity contribution is 5.78. The van der Waals surface area contributed by atoms with E-state index in [1.165, 1.54) is 7.11 Å². The molecule has 1 aromatic carbocycles. The zero-order chi connectivity index (χ0) is 15.2. The van der Waals surface area contributed by atoms with Crippen LogP contribution in [0.3, 0.4) is 0 Å². The van der Waals surface area contributed by atoms with E-state index in [0.717, 1.165) is 18.3 Å². The standard InChI is InChI=1S/C18H20O3/c1-3-14-11-15(10-9-13-7-5-4-6-8-13)17(16(14)12-19)18(20)21-2/h3-10,12,14-17H,1,11H2,2H3/b10-9+/t14?,15-,16+,17?/m1/s1. The number of allylic oxidation sites excluding steroid dienone is 2. The largest absolute Gasteiger partial charge is 0.469 e. The average Bonchev–Trinajstić information content (AvgIpc) is 2.90. The van der Waals surface area contributed by atoms with Gasteiger partial charge in [0.1, 0.15) is 6.29 Å². The highest BCUT2D eigenvalue weighted by Crippen LogP contribution is 2.42. The van der Waals surface area contributed by atoms with Crippen molar-refractivity contribution in [2.24, 2.45) is 23.7 Å². The number of hydrogen-bond donors (Lipinski definition) is 0. The molecule has 0 bridgehead atoms. The van der Waals surface area contributed by atoms with Crippen LogP contribution in [0.2, 0.25) is 0 Å². The van der Waals surface area contributed by atoms with Crippen LogP contribution in [0.15, 0.2) is 49.1 Å². The number of carbonyl (C=O) groups is 2. The van der Waals surface area contributed by atoms with E-state index in [0.29, 0.717) is 0 Å². The molecular weight excluding hydrogens is 264 g/mol. The maximum Gasteiger partial charge on any atom is 0.310 e. The SMILES string of the molecule is C=CC1C[C@@H](/C=C/c2ccccc2)C(C(=O)OC)[C@H]1C=O. The lowest BCUT2D eigenvalue weighted by Gasteiger charge is -2.17. The van der Waals surface area contributed by atoms with Crippen LogP contribution in [0.25, 0.3) is 6.08 Å². The van der Waals surface area contributed by atoms with Gasteiger partial charge < -0.3 is 9.53 Å². The van der Waals surface area contributed by atoms with E-state index >= 15 is 0 Å². The number of aldehydes is 1. The Bertz CT molecular complexity index is 533. The highest BCUT2D eigenvalue weighted by Gasteiger charge is 2.45. The van der Waals surface area contributed by atoms with Gasteiger partial charge in [0.15, 0.2) is 0 Å². The van der Waals surface area contributed by atoms with Crippen LogP contribution in [0.5, 0.6) is 0 Å². The van der Waals surface area contributed by atoms with Crippen molar-refractivity contribution in [1.29, 1.82) is 0 Å². The van der Waals surface area contributed by atoms with Crippen molar-refractivity contribution in [3.63, 3.8) is 0 Å². The van der Waals surface area contributed by atoms with Crippen molar-refractivity contribution in [2.75, 3.05) is 7.11 Å². The summed E-state index contributed by atoms with van der Waals surface area (Å²) in [6.45, 7) is 3.78. The number of hydrogen-bond acceptors (Lipinski definition) is 3. The lowest BCUT2D eigenvalue weighted by atomic mass is 9.87. The first-order valence-electron chi connectivity index (χ1n) is 7.10. The molecule has 0 N–H and O–H groups in total. The van der Waals surface area contributed by atoms with E-state index in [2.05, 4.69) is 6.58 Å². The molecule has 0 amide bonds. The minimum atomic E-state index is -0.421. The van der Waals surface area contributed by atoms with Crippen molar-refractivity contribution in [3.8, 4) is 0 Å². The Kier molecular flexibility index (Phi) is 5.09. The monoisotopic (exact) mass is 284 g/mol. The molecule has 0 heterocycles. The predicted molar refractivity (Wildman–Crippen MR) is 82.3 cm³/mol. The van der Waals surface area contributed by atoms with Gasteiger partial charge in [0, 0.05) is 5.92 Å². The third kappa shape index (κ3) is 3.30. The third-order valence-corrected chi connectivity index (χ3v) is 4.18. The molecule has 0 aliphatic heterocycles. The molecule has 1 aliphatic rings. The van der Waals surface area contributed by atoms with Crippen LogP contribution in [0.4, 0.5) is 0 Å². The summed E-state index contributed by atoms with van der Waals surface area (Å²) in [5, 5.41) is 0. The molecular formula is C18H20O3. The number of esters is 1. The number of methoxy groups -OCH3 is 1. The lowest BCUT2D eigenvalue weighted by molar-refractivity contribution is -0.148. The quantitative estimate of drug-likeness (QED) is 0.474. The van der Waals surface area contributed by atoms with Gasteiger partial charge in [-0.3, -0.25) is 4.79 Å². The molecule has 1 aliphatic carbocycles. The third-order valence-electron chi connectivity index (χ3n) is 4.18. The number of ether oxygens (including phenoxy) is 1. The second-order valence-electron chi connectivity index (χ2n) is 5.33. The summed E-state index contributed by atoms with van der Waals surface area (Å²) < 4.78 is 4.88.